The third-order valence-corrected chi connectivity index (χ3v) is 6.79. The van der Waals surface area contributed by atoms with Gasteiger partial charge in [-0.05, 0) is 76.7 Å². The average molecular weight is 401 g/mol. The van der Waals surface area contributed by atoms with Crippen LogP contribution in [0.25, 0.3) is 0 Å². The predicted molar refractivity (Wildman–Crippen MR) is 115 cm³/mol. The van der Waals surface area contributed by atoms with Crippen molar-refractivity contribution in [2.24, 2.45) is 5.92 Å². The molecule has 0 unspecified atom stereocenters. The number of carbonyl (C=O) groups excluding carboxylic acids is 1. The van der Waals surface area contributed by atoms with Crippen LogP contribution >= 0.6 is 0 Å². The van der Waals surface area contributed by atoms with Crippen LogP contribution in [0.15, 0.2) is 18.3 Å². The van der Waals surface area contributed by atoms with Crippen molar-refractivity contribution >= 4 is 11.7 Å². The largest absolute Gasteiger partial charge is 0.376 e. The number of hydrogen-bond donors (Lipinski definition) is 0. The van der Waals surface area contributed by atoms with Crippen molar-refractivity contribution < 1.29 is 9.53 Å². The molecule has 3 saturated heterocycles. The van der Waals surface area contributed by atoms with E-state index < -0.39 is 0 Å². The fraction of sp³-hybridized carbons (Fsp3) is 0.739. The van der Waals surface area contributed by atoms with Gasteiger partial charge in [0.1, 0.15) is 5.82 Å². The molecule has 4 heterocycles. The van der Waals surface area contributed by atoms with Crippen LogP contribution < -0.4 is 4.90 Å². The topological polar surface area (TPSA) is 48.9 Å². The van der Waals surface area contributed by atoms with Gasteiger partial charge in [0.05, 0.1) is 6.10 Å². The molecule has 1 amide bonds. The first-order valence-corrected chi connectivity index (χ1v) is 11.4. The molecule has 29 heavy (non-hydrogen) atoms. The van der Waals surface area contributed by atoms with E-state index in [4.69, 9.17) is 4.74 Å². The predicted octanol–water partition coefficient (Wildman–Crippen LogP) is 3.03. The molecule has 0 aliphatic carbocycles. The highest BCUT2D eigenvalue weighted by Crippen LogP contribution is 2.25. The first-order valence-electron chi connectivity index (χ1n) is 11.4. The van der Waals surface area contributed by atoms with Crippen LogP contribution in [-0.4, -0.2) is 79.2 Å². The lowest BCUT2D eigenvalue weighted by Crippen LogP contribution is -2.49. The number of likely N-dealkylation sites (tertiary alicyclic amines) is 1. The molecule has 4 rings (SSSR count). The molecule has 6 heteroatoms. The van der Waals surface area contributed by atoms with Gasteiger partial charge in [-0.25, -0.2) is 4.98 Å². The summed E-state index contributed by atoms with van der Waals surface area (Å²) in [4.78, 5) is 25.0. The molecule has 2 atom stereocenters. The lowest BCUT2D eigenvalue weighted by Gasteiger charge is -2.38. The van der Waals surface area contributed by atoms with Gasteiger partial charge in [-0.3, -0.25) is 4.79 Å². The number of amides is 1. The summed E-state index contributed by atoms with van der Waals surface area (Å²) >= 11 is 0. The molecule has 1 aromatic rings. The van der Waals surface area contributed by atoms with Crippen molar-refractivity contribution in [3.8, 4) is 0 Å². The van der Waals surface area contributed by atoms with Gasteiger partial charge >= 0.3 is 0 Å². The van der Waals surface area contributed by atoms with Crippen LogP contribution in [-0.2, 0) is 4.74 Å². The Kier molecular flexibility index (Phi) is 6.70. The maximum atomic E-state index is 13.6. The van der Waals surface area contributed by atoms with Crippen LogP contribution in [0.4, 0.5) is 5.82 Å². The molecule has 1 aromatic heterocycles. The Hall–Kier alpha value is -1.66. The molecular weight excluding hydrogens is 364 g/mol. The van der Waals surface area contributed by atoms with E-state index in [0.29, 0.717) is 18.5 Å². The van der Waals surface area contributed by atoms with Crippen LogP contribution in [0.3, 0.4) is 0 Å². The maximum absolute atomic E-state index is 13.6. The molecule has 3 fully saturated rings. The summed E-state index contributed by atoms with van der Waals surface area (Å²) in [5.41, 5.74) is 0.769. The first-order chi connectivity index (χ1) is 14.1. The summed E-state index contributed by atoms with van der Waals surface area (Å²) < 4.78 is 5.89. The van der Waals surface area contributed by atoms with Crippen LogP contribution in [0.5, 0.6) is 0 Å². The molecule has 3 aliphatic rings. The number of aromatic nitrogens is 1. The van der Waals surface area contributed by atoms with E-state index in [-0.39, 0.29) is 12.0 Å². The summed E-state index contributed by atoms with van der Waals surface area (Å²) in [6, 6.07) is 4.20. The first kappa shape index (κ1) is 20.6. The van der Waals surface area contributed by atoms with E-state index in [1.165, 1.54) is 12.8 Å². The smallest absolute Gasteiger partial charge is 0.254 e. The zero-order chi connectivity index (χ0) is 20.2. The van der Waals surface area contributed by atoms with Gasteiger partial charge in [0, 0.05) is 44.0 Å². The Morgan fingerprint density at radius 3 is 2.76 bits per heavy atom. The molecule has 0 aromatic carbocycles. The third kappa shape index (κ3) is 5.10. The number of pyridine rings is 1. The summed E-state index contributed by atoms with van der Waals surface area (Å²) in [6.07, 6.45) is 8.70. The minimum Gasteiger partial charge on any atom is -0.376 e. The van der Waals surface area contributed by atoms with Crippen molar-refractivity contribution in [3.05, 3.63) is 23.9 Å². The Balaban J connectivity index is 1.52. The van der Waals surface area contributed by atoms with E-state index in [1.807, 2.05) is 12.1 Å². The Bertz CT molecular complexity index is 683. The van der Waals surface area contributed by atoms with Crippen LogP contribution in [0.2, 0.25) is 0 Å². The van der Waals surface area contributed by atoms with Crippen molar-refractivity contribution in [3.63, 3.8) is 0 Å². The highest BCUT2D eigenvalue weighted by molar-refractivity contribution is 5.95. The molecule has 0 bridgehead atoms. The summed E-state index contributed by atoms with van der Waals surface area (Å²) in [5.74, 6) is 1.77. The zero-order valence-corrected chi connectivity index (χ0v) is 18.1. The van der Waals surface area contributed by atoms with E-state index in [0.717, 1.165) is 69.9 Å². The second-order valence-electron chi connectivity index (χ2n) is 9.22. The minimum atomic E-state index is 0.142. The van der Waals surface area contributed by atoms with Crippen LogP contribution in [0.1, 0.15) is 55.8 Å². The van der Waals surface area contributed by atoms with Gasteiger partial charge in [-0.2, -0.15) is 0 Å². The summed E-state index contributed by atoms with van der Waals surface area (Å²) in [6.45, 7) is 7.99. The van der Waals surface area contributed by atoms with Crippen molar-refractivity contribution in [2.45, 2.75) is 57.6 Å². The van der Waals surface area contributed by atoms with Gasteiger partial charge in [0.15, 0.2) is 0 Å². The second-order valence-corrected chi connectivity index (χ2v) is 9.22. The number of hydrogen-bond acceptors (Lipinski definition) is 5. The minimum absolute atomic E-state index is 0.142. The maximum Gasteiger partial charge on any atom is 0.254 e. The second kappa shape index (κ2) is 9.43. The van der Waals surface area contributed by atoms with Gasteiger partial charge in [-0.15, -0.1) is 0 Å². The van der Waals surface area contributed by atoms with Crippen molar-refractivity contribution in [1.29, 1.82) is 0 Å². The number of carbonyl (C=O) groups is 1. The SMILES string of the molecule is C[C@H]1CCCN(c2cc(C(=O)N(C[C@@H]3CCCO3)C3CCN(C)CC3)ccn2)C1. The molecule has 3 aliphatic heterocycles. The van der Waals surface area contributed by atoms with E-state index in [9.17, 15) is 4.79 Å². The Morgan fingerprint density at radius 1 is 1.21 bits per heavy atom. The number of piperidine rings is 2. The van der Waals surface area contributed by atoms with Gasteiger partial charge in [0.2, 0.25) is 0 Å². The fourth-order valence-corrected chi connectivity index (χ4v) is 5.00. The molecule has 6 nitrogen and oxygen atoms in total. The standard InChI is InChI=1S/C23H36N4O2/c1-18-5-3-11-26(16-18)22-15-19(7-10-24-22)23(28)27(17-21-6-4-14-29-21)20-8-12-25(2)13-9-20/h7,10,15,18,20-21H,3-6,8-9,11-14,16-17H2,1-2H3/t18-,21-/m0/s1. The summed E-state index contributed by atoms with van der Waals surface area (Å²) in [7, 11) is 2.16. The van der Waals surface area contributed by atoms with Gasteiger partial charge < -0.3 is 19.4 Å². The molecule has 0 spiro atoms. The fourth-order valence-electron chi connectivity index (χ4n) is 5.00. The van der Waals surface area contributed by atoms with Crippen molar-refractivity contribution in [1.82, 2.24) is 14.8 Å². The molecule has 0 saturated carbocycles. The van der Waals surface area contributed by atoms with Gasteiger partial charge in [-0.1, -0.05) is 6.92 Å². The van der Waals surface area contributed by atoms with Crippen molar-refractivity contribution in [2.75, 3.05) is 51.3 Å². The summed E-state index contributed by atoms with van der Waals surface area (Å²) in [5, 5.41) is 0. The monoisotopic (exact) mass is 400 g/mol. The average Bonchev–Trinajstić information content (AvgIpc) is 3.26. The lowest BCUT2D eigenvalue weighted by atomic mass is 10.00. The quantitative estimate of drug-likeness (QED) is 0.760. The lowest BCUT2D eigenvalue weighted by molar-refractivity contribution is 0.0320. The number of ether oxygens (including phenoxy) is 1. The van der Waals surface area contributed by atoms with Crippen LogP contribution in [0, 0.1) is 5.92 Å². The highest BCUT2D eigenvalue weighted by atomic mass is 16.5. The van der Waals surface area contributed by atoms with E-state index >= 15 is 0 Å². The zero-order valence-electron chi connectivity index (χ0n) is 18.1. The normalized spacial score (nSPS) is 26.6. The Morgan fingerprint density at radius 2 is 2.03 bits per heavy atom. The number of rotatable bonds is 5. The van der Waals surface area contributed by atoms with E-state index in [2.05, 4.69) is 33.7 Å². The van der Waals surface area contributed by atoms with E-state index in [1.54, 1.807) is 6.20 Å². The highest BCUT2D eigenvalue weighted by Gasteiger charge is 2.31. The Labute approximate surface area is 175 Å². The van der Waals surface area contributed by atoms with Gasteiger partial charge in [0.25, 0.3) is 5.91 Å². The third-order valence-electron chi connectivity index (χ3n) is 6.79. The molecule has 0 radical (unpaired) electrons. The molecule has 160 valence electrons. The number of anilines is 1. The number of nitrogens with zero attached hydrogens (tertiary/aromatic N) is 4. The molecule has 0 N–H and O–H groups in total. The molecular formula is C23H36N4O2.